The molecule has 0 spiro atoms. The molecule has 2 rings (SSSR count). The first-order valence-corrected chi connectivity index (χ1v) is 9.48. The van der Waals surface area contributed by atoms with E-state index >= 15 is 0 Å². The van der Waals surface area contributed by atoms with Gasteiger partial charge >= 0.3 is 0 Å². The van der Waals surface area contributed by atoms with Gasteiger partial charge in [-0.05, 0) is 55.6 Å². The first kappa shape index (κ1) is 21.6. The first-order valence-electron chi connectivity index (χ1n) is 9.48. The van der Waals surface area contributed by atoms with Crippen LogP contribution in [0.3, 0.4) is 0 Å². The zero-order valence-corrected chi connectivity index (χ0v) is 16.7. The molecular formula is C22H28FN3O2. The Bertz CT molecular complexity index is 823. The standard InChI is InChI=1S/C22H28FN3O2/c1-4-11-26(15-22(28)25-20-8-6-5-7-16(20)2)14-21(27)24-13-18-9-10-19(23)17(3)12-18/h5-10,12H,4,11,13-15H2,1-3H3,(H,24,27)(H,25,28). The predicted octanol–water partition coefficient (Wildman–Crippen LogP) is 3.41. The Morgan fingerprint density at radius 2 is 1.71 bits per heavy atom. The number of hydrogen-bond acceptors (Lipinski definition) is 3. The van der Waals surface area contributed by atoms with Crippen LogP contribution < -0.4 is 10.6 Å². The molecule has 2 aromatic carbocycles. The molecule has 0 aliphatic heterocycles. The van der Waals surface area contributed by atoms with Gasteiger partial charge in [0.25, 0.3) is 0 Å². The molecule has 0 atom stereocenters. The van der Waals surface area contributed by atoms with Crippen molar-refractivity contribution in [2.24, 2.45) is 0 Å². The molecule has 0 unspecified atom stereocenters. The number of benzene rings is 2. The summed E-state index contributed by atoms with van der Waals surface area (Å²) in [5.74, 6) is -0.576. The molecule has 0 aromatic heterocycles. The van der Waals surface area contributed by atoms with Crippen molar-refractivity contribution in [2.45, 2.75) is 33.7 Å². The van der Waals surface area contributed by atoms with Crippen molar-refractivity contribution in [3.8, 4) is 0 Å². The highest BCUT2D eigenvalue weighted by Crippen LogP contribution is 2.13. The van der Waals surface area contributed by atoms with Crippen LogP contribution in [0, 0.1) is 19.7 Å². The number of carbonyl (C=O) groups excluding carboxylic acids is 2. The second-order valence-corrected chi connectivity index (χ2v) is 6.93. The maximum absolute atomic E-state index is 13.3. The Hall–Kier alpha value is -2.73. The second-order valence-electron chi connectivity index (χ2n) is 6.93. The van der Waals surface area contributed by atoms with Gasteiger partial charge in [0, 0.05) is 12.2 Å². The third-order valence-electron chi connectivity index (χ3n) is 4.41. The molecule has 0 aliphatic rings. The maximum Gasteiger partial charge on any atom is 0.238 e. The SMILES string of the molecule is CCCN(CC(=O)NCc1ccc(F)c(C)c1)CC(=O)Nc1ccccc1C. The van der Waals surface area contributed by atoms with E-state index in [1.54, 1.807) is 19.1 Å². The largest absolute Gasteiger partial charge is 0.351 e. The summed E-state index contributed by atoms with van der Waals surface area (Å²) in [6.07, 6.45) is 0.835. The molecule has 0 radical (unpaired) electrons. The third-order valence-corrected chi connectivity index (χ3v) is 4.41. The minimum Gasteiger partial charge on any atom is -0.351 e. The summed E-state index contributed by atoms with van der Waals surface area (Å²) >= 11 is 0. The zero-order valence-electron chi connectivity index (χ0n) is 16.7. The lowest BCUT2D eigenvalue weighted by molar-refractivity contribution is -0.123. The fourth-order valence-corrected chi connectivity index (χ4v) is 2.91. The van der Waals surface area contributed by atoms with Gasteiger partial charge < -0.3 is 10.6 Å². The predicted molar refractivity (Wildman–Crippen MR) is 110 cm³/mol. The van der Waals surface area contributed by atoms with E-state index in [4.69, 9.17) is 0 Å². The lowest BCUT2D eigenvalue weighted by Crippen LogP contribution is -2.41. The highest BCUT2D eigenvalue weighted by Gasteiger charge is 2.14. The number of aryl methyl sites for hydroxylation is 2. The van der Waals surface area contributed by atoms with Gasteiger partial charge in [-0.1, -0.05) is 37.3 Å². The molecule has 0 heterocycles. The Balaban J connectivity index is 1.86. The molecule has 5 nitrogen and oxygen atoms in total. The monoisotopic (exact) mass is 385 g/mol. The summed E-state index contributed by atoms with van der Waals surface area (Å²) in [4.78, 5) is 26.5. The Kier molecular flexibility index (Phi) is 8.14. The molecule has 2 aromatic rings. The highest BCUT2D eigenvalue weighted by molar-refractivity contribution is 5.93. The Labute approximate surface area is 165 Å². The van der Waals surface area contributed by atoms with E-state index in [0.29, 0.717) is 18.7 Å². The minimum atomic E-state index is -0.260. The van der Waals surface area contributed by atoms with Crippen LogP contribution in [0.25, 0.3) is 0 Å². The van der Waals surface area contributed by atoms with Gasteiger partial charge in [-0.25, -0.2) is 4.39 Å². The fraction of sp³-hybridized carbons (Fsp3) is 0.364. The molecule has 0 fully saturated rings. The summed E-state index contributed by atoms with van der Waals surface area (Å²) < 4.78 is 13.3. The van der Waals surface area contributed by atoms with E-state index < -0.39 is 0 Å². The van der Waals surface area contributed by atoms with Gasteiger partial charge in [-0.15, -0.1) is 0 Å². The van der Waals surface area contributed by atoms with E-state index in [9.17, 15) is 14.0 Å². The van der Waals surface area contributed by atoms with Gasteiger partial charge in [-0.2, -0.15) is 0 Å². The van der Waals surface area contributed by atoms with Crippen molar-refractivity contribution < 1.29 is 14.0 Å². The number of hydrogen-bond donors (Lipinski definition) is 2. The van der Waals surface area contributed by atoms with Gasteiger partial charge in [0.05, 0.1) is 13.1 Å². The molecule has 0 saturated carbocycles. The van der Waals surface area contributed by atoms with Gasteiger partial charge in [-0.3, -0.25) is 14.5 Å². The van der Waals surface area contributed by atoms with Crippen molar-refractivity contribution in [1.29, 1.82) is 0 Å². The fourth-order valence-electron chi connectivity index (χ4n) is 2.91. The van der Waals surface area contributed by atoms with Gasteiger partial charge in [0.15, 0.2) is 0 Å². The summed E-state index contributed by atoms with van der Waals surface area (Å²) in [7, 11) is 0. The Morgan fingerprint density at radius 3 is 2.39 bits per heavy atom. The molecular weight excluding hydrogens is 357 g/mol. The summed E-state index contributed by atoms with van der Waals surface area (Å²) in [5, 5.41) is 5.73. The van der Waals surface area contributed by atoms with E-state index in [2.05, 4.69) is 10.6 Å². The first-order chi connectivity index (χ1) is 13.4. The van der Waals surface area contributed by atoms with E-state index in [1.807, 2.05) is 43.0 Å². The number of rotatable bonds is 9. The molecule has 2 amide bonds. The maximum atomic E-state index is 13.3. The Morgan fingerprint density at radius 1 is 1.00 bits per heavy atom. The quantitative estimate of drug-likeness (QED) is 0.695. The van der Waals surface area contributed by atoms with Crippen LogP contribution in [-0.2, 0) is 16.1 Å². The van der Waals surface area contributed by atoms with Gasteiger partial charge in [0.1, 0.15) is 5.82 Å². The van der Waals surface area contributed by atoms with Crippen molar-refractivity contribution in [1.82, 2.24) is 10.2 Å². The smallest absolute Gasteiger partial charge is 0.238 e. The lowest BCUT2D eigenvalue weighted by atomic mass is 10.1. The average Bonchev–Trinajstić information content (AvgIpc) is 2.65. The van der Waals surface area contributed by atoms with E-state index in [-0.39, 0.29) is 30.7 Å². The number of nitrogens with zero attached hydrogens (tertiary/aromatic N) is 1. The van der Waals surface area contributed by atoms with Crippen LogP contribution in [0.5, 0.6) is 0 Å². The molecule has 0 bridgehead atoms. The lowest BCUT2D eigenvalue weighted by Gasteiger charge is -2.21. The average molecular weight is 385 g/mol. The number of nitrogens with one attached hydrogen (secondary N) is 2. The number of amides is 2. The van der Waals surface area contributed by atoms with Crippen LogP contribution in [0.2, 0.25) is 0 Å². The minimum absolute atomic E-state index is 0.134. The molecule has 2 N–H and O–H groups in total. The van der Waals surface area contributed by atoms with Crippen LogP contribution in [0.1, 0.15) is 30.0 Å². The molecule has 150 valence electrons. The summed E-state index contributed by atoms with van der Waals surface area (Å²) in [5.41, 5.74) is 3.16. The van der Waals surface area contributed by atoms with Crippen molar-refractivity contribution in [2.75, 3.05) is 25.0 Å². The van der Waals surface area contributed by atoms with Crippen LogP contribution in [-0.4, -0.2) is 36.3 Å². The van der Waals surface area contributed by atoms with Crippen molar-refractivity contribution >= 4 is 17.5 Å². The molecule has 6 heteroatoms. The second kappa shape index (κ2) is 10.6. The number of carbonyl (C=O) groups is 2. The molecule has 0 aliphatic carbocycles. The van der Waals surface area contributed by atoms with Crippen LogP contribution >= 0.6 is 0 Å². The number of anilines is 1. The number of para-hydroxylation sites is 1. The highest BCUT2D eigenvalue weighted by atomic mass is 19.1. The van der Waals surface area contributed by atoms with Crippen LogP contribution in [0.4, 0.5) is 10.1 Å². The topological polar surface area (TPSA) is 61.4 Å². The summed E-state index contributed by atoms with van der Waals surface area (Å²) in [6, 6.07) is 12.4. The zero-order chi connectivity index (χ0) is 20.5. The van der Waals surface area contributed by atoms with E-state index in [1.165, 1.54) is 6.07 Å². The van der Waals surface area contributed by atoms with Crippen LogP contribution in [0.15, 0.2) is 42.5 Å². The van der Waals surface area contributed by atoms with Crippen molar-refractivity contribution in [3.05, 3.63) is 65.0 Å². The molecule has 0 saturated heterocycles. The van der Waals surface area contributed by atoms with Gasteiger partial charge in [0.2, 0.25) is 11.8 Å². The normalized spacial score (nSPS) is 10.8. The molecule has 28 heavy (non-hydrogen) atoms. The number of halogens is 1. The summed E-state index contributed by atoms with van der Waals surface area (Å²) in [6.45, 7) is 6.88. The van der Waals surface area contributed by atoms with E-state index in [0.717, 1.165) is 23.2 Å². The third kappa shape index (κ3) is 6.78. The van der Waals surface area contributed by atoms with Crippen molar-refractivity contribution in [3.63, 3.8) is 0 Å².